The van der Waals surface area contributed by atoms with E-state index in [0.29, 0.717) is 30.6 Å². The zero-order valence-corrected chi connectivity index (χ0v) is 16.7. The highest BCUT2D eigenvalue weighted by molar-refractivity contribution is 8.00. The van der Waals surface area contributed by atoms with Gasteiger partial charge in [0.05, 0.1) is 11.8 Å². The molecule has 0 unspecified atom stereocenters. The number of nitrogens with zero attached hydrogens (tertiary/aromatic N) is 5. The maximum absolute atomic E-state index is 12.7. The smallest absolute Gasteiger partial charge is 0.324 e. The highest BCUT2D eigenvalue weighted by atomic mass is 32.2. The van der Waals surface area contributed by atoms with Crippen LogP contribution in [0.2, 0.25) is 0 Å². The van der Waals surface area contributed by atoms with Crippen LogP contribution in [0.5, 0.6) is 0 Å². The summed E-state index contributed by atoms with van der Waals surface area (Å²) in [6.07, 6.45) is 3.42. The summed E-state index contributed by atoms with van der Waals surface area (Å²) in [4.78, 5) is 29.8. The molecule has 0 spiro atoms. The van der Waals surface area contributed by atoms with Crippen LogP contribution in [0.1, 0.15) is 12.5 Å². The third kappa shape index (κ3) is 4.14. The molecule has 9 heteroatoms. The van der Waals surface area contributed by atoms with Crippen molar-refractivity contribution in [2.24, 2.45) is 0 Å². The summed E-state index contributed by atoms with van der Waals surface area (Å²) >= 11 is 1.30. The van der Waals surface area contributed by atoms with Crippen molar-refractivity contribution in [2.45, 2.75) is 23.9 Å². The van der Waals surface area contributed by atoms with Crippen LogP contribution in [0.15, 0.2) is 60.0 Å². The Labute approximate surface area is 172 Å². The summed E-state index contributed by atoms with van der Waals surface area (Å²) < 4.78 is 1.99. The number of rotatable bonds is 6. The van der Waals surface area contributed by atoms with Crippen LogP contribution in [0, 0.1) is 0 Å². The van der Waals surface area contributed by atoms with Gasteiger partial charge in [-0.25, -0.2) is 4.79 Å². The van der Waals surface area contributed by atoms with Crippen molar-refractivity contribution >= 4 is 23.7 Å². The van der Waals surface area contributed by atoms with Gasteiger partial charge in [0, 0.05) is 31.0 Å². The number of hydrogen-bond donors (Lipinski definition) is 1. The van der Waals surface area contributed by atoms with Crippen molar-refractivity contribution in [1.82, 2.24) is 30.0 Å². The fourth-order valence-corrected chi connectivity index (χ4v) is 4.02. The van der Waals surface area contributed by atoms with E-state index in [0.717, 1.165) is 11.1 Å². The maximum Gasteiger partial charge on any atom is 0.324 e. The molecule has 8 nitrogen and oxygen atoms in total. The lowest BCUT2D eigenvalue weighted by Crippen LogP contribution is -2.39. The zero-order chi connectivity index (χ0) is 20.2. The fourth-order valence-electron chi connectivity index (χ4n) is 3.11. The van der Waals surface area contributed by atoms with Gasteiger partial charge in [0.15, 0.2) is 11.0 Å². The molecule has 0 bridgehead atoms. The Balaban J connectivity index is 1.63. The number of pyridine rings is 1. The minimum atomic E-state index is -0.470. The molecule has 1 aromatic carbocycles. The van der Waals surface area contributed by atoms with Crippen LogP contribution >= 0.6 is 11.8 Å². The number of carbonyl (C=O) groups excluding carboxylic acids is 2. The number of benzene rings is 1. The SMILES string of the molecule is C[C@@H](Sc1nnc(-c2ccncc2)n1Cc1ccccc1)C(=O)N1CCNC1=O. The molecule has 3 amide bonds. The maximum atomic E-state index is 12.7. The molecule has 0 saturated carbocycles. The largest absolute Gasteiger partial charge is 0.336 e. The molecule has 3 aromatic rings. The van der Waals surface area contributed by atoms with Gasteiger partial charge in [0.1, 0.15) is 0 Å². The molecule has 1 atom stereocenters. The first-order valence-corrected chi connectivity index (χ1v) is 10.1. The third-order valence-corrected chi connectivity index (χ3v) is 5.66. The molecule has 2 aromatic heterocycles. The number of thioether (sulfide) groups is 1. The van der Waals surface area contributed by atoms with Crippen LogP contribution in [0.4, 0.5) is 4.79 Å². The monoisotopic (exact) mass is 408 g/mol. The highest BCUT2D eigenvalue weighted by Crippen LogP contribution is 2.28. The fraction of sp³-hybridized carbons (Fsp3) is 0.250. The van der Waals surface area contributed by atoms with Crippen LogP contribution < -0.4 is 5.32 Å². The summed E-state index contributed by atoms with van der Waals surface area (Å²) in [5.74, 6) is 0.474. The Hall–Kier alpha value is -3.20. The number of imide groups is 1. The van der Waals surface area contributed by atoms with E-state index in [9.17, 15) is 9.59 Å². The van der Waals surface area contributed by atoms with Gasteiger partial charge in [0.2, 0.25) is 5.91 Å². The van der Waals surface area contributed by atoms with E-state index in [1.165, 1.54) is 16.7 Å². The lowest BCUT2D eigenvalue weighted by Gasteiger charge is -2.17. The van der Waals surface area contributed by atoms with Gasteiger partial charge in [-0.1, -0.05) is 42.1 Å². The van der Waals surface area contributed by atoms with Gasteiger partial charge in [-0.15, -0.1) is 10.2 Å². The normalized spacial score (nSPS) is 14.7. The molecular weight excluding hydrogens is 388 g/mol. The minimum absolute atomic E-state index is 0.232. The van der Waals surface area contributed by atoms with Gasteiger partial charge < -0.3 is 5.32 Å². The Morgan fingerprint density at radius 1 is 1.17 bits per heavy atom. The molecule has 1 aliphatic heterocycles. The van der Waals surface area contributed by atoms with Gasteiger partial charge in [-0.2, -0.15) is 0 Å². The first-order chi connectivity index (χ1) is 14.1. The van der Waals surface area contributed by atoms with Crippen molar-refractivity contribution in [2.75, 3.05) is 13.1 Å². The number of aromatic nitrogens is 4. The molecule has 1 aliphatic rings. The minimum Gasteiger partial charge on any atom is -0.336 e. The van der Waals surface area contributed by atoms with Gasteiger partial charge in [0.25, 0.3) is 0 Å². The molecule has 4 rings (SSSR count). The Bertz CT molecular complexity index is 1010. The van der Waals surface area contributed by atoms with E-state index in [4.69, 9.17) is 0 Å². The zero-order valence-electron chi connectivity index (χ0n) is 15.9. The molecule has 148 valence electrons. The topological polar surface area (TPSA) is 93.0 Å². The second-order valence-corrected chi connectivity index (χ2v) is 7.90. The number of amides is 3. The van der Waals surface area contributed by atoms with E-state index >= 15 is 0 Å². The summed E-state index contributed by atoms with van der Waals surface area (Å²) in [6, 6.07) is 13.4. The van der Waals surface area contributed by atoms with Crippen molar-refractivity contribution < 1.29 is 9.59 Å². The Kier molecular flexibility index (Phi) is 5.57. The third-order valence-electron chi connectivity index (χ3n) is 4.59. The van der Waals surface area contributed by atoms with Crippen LogP contribution in [0.3, 0.4) is 0 Å². The van der Waals surface area contributed by atoms with Crippen molar-refractivity contribution in [3.8, 4) is 11.4 Å². The van der Waals surface area contributed by atoms with Gasteiger partial charge in [-0.3, -0.25) is 19.2 Å². The molecular formula is C20H20N6O2S. The summed E-state index contributed by atoms with van der Waals surface area (Å²) in [6.45, 7) is 3.23. The van der Waals surface area contributed by atoms with E-state index in [1.807, 2.05) is 47.0 Å². The lowest BCUT2D eigenvalue weighted by atomic mass is 10.2. The Morgan fingerprint density at radius 3 is 2.62 bits per heavy atom. The molecule has 1 N–H and O–H groups in total. The molecule has 1 fully saturated rings. The van der Waals surface area contributed by atoms with Crippen molar-refractivity contribution in [3.05, 3.63) is 60.4 Å². The molecule has 29 heavy (non-hydrogen) atoms. The summed E-state index contributed by atoms with van der Waals surface area (Å²) in [7, 11) is 0. The van der Waals surface area contributed by atoms with Crippen molar-refractivity contribution in [1.29, 1.82) is 0 Å². The molecule has 0 radical (unpaired) electrons. The summed E-state index contributed by atoms with van der Waals surface area (Å²) in [5.41, 5.74) is 2.00. The molecule has 1 saturated heterocycles. The predicted molar refractivity (Wildman–Crippen MR) is 109 cm³/mol. The average molecular weight is 408 g/mol. The number of carbonyl (C=O) groups is 2. The quantitative estimate of drug-likeness (QED) is 0.630. The van der Waals surface area contributed by atoms with E-state index < -0.39 is 5.25 Å². The lowest BCUT2D eigenvalue weighted by molar-refractivity contribution is -0.126. The second-order valence-electron chi connectivity index (χ2n) is 6.60. The van der Waals surface area contributed by atoms with Gasteiger partial charge >= 0.3 is 6.03 Å². The molecule has 0 aliphatic carbocycles. The first-order valence-electron chi connectivity index (χ1n) is 9.27. The van der Waals surface area contributed by atoms with Crippen LogP contribution in [-0.4, -0.2) is 54.9 Å². The average Bonchev–Trinajstić information content (AvgIpc) is 3.35. The first kappa shape index (κ1) is 19.1. The van der Waals surface area contributed by atoms with Crippen molar-refractivity contribution in [3.63, 3.8) is 0 Å². The predicted octanol–water partition coefficient (Wildman–Crippen LogP) is 2.42. The van der Waals surface area contributed by atoms with E-state index in [2.05, 4.69) is 20.5 Å². The van der Waals surface area contributed by atoms with Crippen LogP contribution in [-0.2, 0) is 11.3 Å². The number of hydrogen-bond acceptors (Lipinski definition) is 6. The molecule has 3 heterocycles. The van der Waals surface area contributed by atoms with E-state index in [1.54, 1.807) is 19.3 Å². The van der Waals surface area contributed by atoms with Gasteiger partial charge in [-0.05, 0) is 24.6 Å². The van der Waals surface area contributed by atoms with E-state index in [-0.39, 0.29) is 11.9 Å². The number of nitrogens with one attached hydrogen (secondary N) is 1. The highest BCUT2D eigenvalue weighted by Gasteiger charge is 2.31. The standard InChI is InChI=1S/C20H20N6O2S/c1-14(18(27)25-12-11-22-19(25)28)29-20-24-23-17(16-7-9-21-10-8-16)26(20)13-15-5-3-2-4-6-15/h2-10,14H,11-13H2,1H3,(H,22,28)/t14-/m1/s1. The van der Waals surface area contributed by atoms with Crippen LogP contribution in [0.25, 0.3) is 11.4 Å². The second kappa shape index (κ2) is 8.44. The summed E-state index contributed by atoms with van der Waals surface area (Å²) in [5, 5.41) is 11.5. The Morgan fingerprint density at radius 2 is 1.93 bits per heavy atom. The number of urea groups is 1.